The van der Waals surface area contributed by atoms with Crippen LogP contribution in [0.1, 0.15) is 43.4 Å². The minimum atomic E-state index is -1.36. The van der Waals surface area contributed by atoms with Crippen LogP contribution in [0.2, 0.25) is 0 Å². The number of carboxylic acids is 1. The maximum atomic E-state index is 14.1. The molecule has 1 amide bonds. The second kappa shape index (κ2) is 10.5. The molecule has 0 fully saturated rings. The van der Waals surface area contributed by atoms with Crippen LogP contribution in [-0.2, 0) is 20.7 Å². The summed E-state index contributed by atoms with van der Waals surface area (Å²) in [6, 6.07) is 18.3. The van der Waals surface area contributed by atoms with Crippen molar-refractivity contribution < 1.29 is 33.4 Å². The number of alkyl carbamates (subject to hydrolysis) is 1. The van der Waals surface area contributed by atoms with Crippen LogP contribution >= 0.6 is 0 Å². The van der Waals surface area contributed by atoms with E-state index in [0.717, 1.165) is 26.8 Å². The molecule has 40 heavy (non-hydrogen) atoms. The quantitative estimate of drug-likeness (QED) is 0.304. The number of nitrogens with zero attached hydrogens (tertiary/aromatic N) is 1. The molecule has 0 unspecified atom stereocenters. The Balaban J connectivity index is 1.33. The first-order valence-electron chi connectivity index (χ1n) is 12.9. The zero-order valence-corrected chi connectivity index (χ0v) is 22.3. The Hall–Kier alpha value is -4.66. The van der Waals surface area contributed by atoms with Crippen LogP contribution in [0.4, 0.5) is 14.0 Å². The van der Waals surface area contributed by atoms with E-state index in [0.29, 0.717) is 10.9 Å². The molecule has 3 aromatic carbocycles. The smallest absolute Gasteiger partial charge is 0.419 e. The summed E-state index contributed by atoms with van der Waals surface area (Å²) >= 11 is 0. The lowest BCUT2D eigenvalue weighted by atomic mass is 9.98. The first-order chi connectivity index (χ1) is 19.0. The fourth-order valence-electron chi connectivity index (χ4n) is 5.10. The largest absolute Gasteiger partial charge is 0.480 e. The van der Waals surface area contributed by atoms with E-state index in [9.17, 15) is 23.9 Å². The van der Waals surface area contributed by atoms with Crippen molar-refractivity contribution in [2.45, 2.75) is 44.8 Å². The third-order valence-corrected chi connectivity index (χ3v) is 6.80. The van der Waals surface area contributed by atoms with Crippen molar-refractivity contribution in [3.8, 4) is 11.1 Å². The third kappa shape index (κ3) is 5.40. The number of rotatable bonds is 6. The maximum absolute atomic E-state index is 14.1. The number of nitrogens with one attached hydrogen (secondary N) is 1. The van der Waals surface area contributed by atoms with Gasteiger partial charge in [0.25, 0.3) is 0 Å². The van der Waals surface area contributed by atoms with E-state index in [-0.39, 0.29) is 24.5 Å². The number of halogens is 1. The Morgan fingerprint density at radius 2 is 1.62 bits per heavy atom. The highest BCUT2D eigenvalue weighted by Crippen LogP contribution is 2.44. The molecule has 206 valence electrons. The zero-order valence-electron chi connectivity index (χ0n) is 22.3. The number of carboxylic acid groups (broad SMARTS) is 1. The number of benzene rings is 3. The molecule has 9 heteroatoms. The van der Waals surface area contributed by atoms with Gasteiger partial charge in [0.15, 0.2) is 0 Å². The predicted molar refractivity (Wildman–Crippen MR) is 147 cm³/mol. The van der Waals surface area contributed by atoms with Gasteiger partial charge in [0, 0.05) is 23.9 Å². The second-order valence-electron chi connectivity index (χ2n) is 10.7. The highest BCUT2D eigenvalue weighted by molar-refractivity contribution is 5.93. The first kappa shape index (κ1) is 26.9. The topological polar surface area (TPSA) is 107 Å². The lowest BCUT2D eigenvalue weighted by molar-refractivity contribution is -0.139. The van der Waals surface area contributed by atoms with Gasteiger partial charge in [0.1, 0.15) is 24.1 Å². The minimum Gasteiger partial charge on any atom is -0.480 e. The van der Waals surface area contributed by atoms with E-state index in [1.807, 2.05) is 48.5 Å². The van der Waals surface area contributed by atoms with Gasteiger partial charge in [0.2, 0.25) is 0 Å². The molecule has 5 rings (SSSR count). The van der Waals surface area contributed by atoms with Crippen LogP contribution in [0.5, 0.6) is 0 Å². The van der Waals surface area contributed by atoms with Crippen molar-refractivity contribution in [2.75, 3.05) is 6.61 Å². The summed E-state index contributed by atoms with van der Waals surface area (Å²) in [4.78, 5) is 37.7. The normalized spacial score (nSPS) is 13.4. The van der Waals surface area contributed by atoms with E-state index in [2.05, 4.69) is 5.32 Å². The molecule has 1 atom stereocenters. The molecule has 4 aromatic rings. The number of ether oxygens (including phenoxy) is 2. The molecule has 2 N–H and O–H groups in total. The van der Waals surface area contributed by atoms with Gasteiger partial charge in [-0.2, -0.15) is 0 Å². The molecular formula is C31H29FN2O6. The van der Waals surface area contributed by atoms with Crippen molar-refractivity contribution in [3.63, 3.8) is 0 Å². The molecule has 1 aliphatic carbocycles. The average molecular weight is 545 g/mol. The standard InChI is InChI=1S/C31H29FN2O6/c1-31(2,3)40-30(38)34-16-18(20-13-12-19(32)15-27(20)34)14-26(28(35)36)33-29(37)39-17-25-23-10-6-4-8-21(23)22-9-5-7-11-24(22)25/h4-13,15-16,25-26H,14,17H2,1-3H3,(H,33,37)(H,35,36)/t26-/m1/s1. The van der Waals surface area contributed by atoms with Crippen LogP contribution in [0.15, 0.2) is 72.9 Å². The molecule has 1 aromatic heterocycles. The number of aromatic nitrogens is 1. The zero-order chi connectivity index (χ0) is 28.6. The fourth-order valence-corrected chi connectivity index (χ4v) is 5.10. The monoisotopic (exact) mass is 544 g/mol. The van der Waals surface area contributed by atoms with E-state index < -0.39 is 35.6 Å². The highest BCUT2D eigenvalue weighted by atomic mass is 19.1. The molecule has 0 saturated carbocycles. The molecule has 0 spiro atoms. The maximum Gasteiger partial charge on any atom is 0.419 e. The number of amides is 1. The summed E-state index contributed by atoms with van der Waals surface area (Å²) in [5.41, 5.74) is 4.08. The Kier molecular flexibility index (Phi) is 7.06. The van der Waals surface area contributed by atoms with Crippen molar-refractivity contribution in [1.29, 1.82) is 0 Å². The van der Waals surface area contributed by atoms with Gasteiger partial charge in [-0.3, -0.25) is 4.57 Å². The Morgan fingerprint density at radius 1 is 1.00 bits per heavy atom. The van der Waals surface area contributed by atoms with Crippen LogP contribution in [0, 0.1) is 5.82 Å². The van der Waals surface area contributed by atoms with Gasteiger partial charge < -0.3 is 19.9 Å². The summed E-state index contributed by atoms with van der Waals surface area (Å²) in [5, 5.41) is 12.8. The van der Waals surface area contributed by atoms with Gasteiger partial charge in [-0.25, -0.2) is 18.8 Å². The third-order valence-electron chi connectivity index (χ3n) is 6.80. The van der Waals surface area contributed by atoms with Crippen molar-refractivity contribution in [1.82, 2.24) is 9.88 Å². The minimum absolute atomic E-state index is 0.0312. The number of carbonyl (C=O) groups excluding carboxylic acids is 2. The summed E-state index contributed by atoms with van der Waals surface area (Å²) in [6.07, 6.45) is -0.368. The van der Waals surface area contributed by atoms with Crippen molar-refractivity contribution in [3.05, 3.63) is 95.4 Å². The highest BCUT2D eigenvalue weighted by Gasteiger charge is 2.30. The Bertz CT molecular complexity index is 1570. The Morgan fingerprint density at radius 3 is 2.23 bits per heavy atom. The Labute approximate surface area is 230 Å². The molecule has 1 heterocycles. The van der Waals surface area contributed by atoms with E-state index in [4.69, 9.17) is 9.47 Å². The molecular weight excluding hydrogens is 515 g/mol. The SMILES string of the molecule is CC(C)(C)OC(=O)n1cc(C[C@@H](NC(=O)OCC2c3ccccc3-c3ccccc32)C(=O)O)c2ccc(F)cc21. The van der Waals surface area contributed by atoms with Crippen LogP contribution in [0.3, 0.4) is 0 Å². The lowest BCUT2D eigenvalue weighted by Gasteiger charge is -2.19. The molecule has 0 bridgehead atoms. The van der Waals surface area contributed by atoms with Crippen molar-refractivity contribution in [2.24, 2.45) is 0 Å². The van der Waals surface area contributed by atoms with Gasteiger partial charge in [-0.15, -0.1) is 0 Å². The van der Waals surface area contributed by atoms with E-state index in [1.165, 1.54) is 24.4 Å². The van der Waals surface area contributed by atoms with E-state index >= 15 is 0 Å². The summed E-state index contributed by atoms with van der Waals surface area (Å²) < 4.78 is 26.1. The summed E-state index contributed by atoms with van der Waals surface area (Å²) in [5.74, 6) is -2.02. The van der Waals surface area contributed by atoms with Crippen LogP contribution in [-0.4, -0.2) is 46.1 Å². The first-order valence-corrected chi connectivity index (χ1v) is 12.9. The molecule has 0 saturated heterocycles. The van der Waals surface area contributed by atoms with Gasteiger partial charge >= 0.3 is 18.2 Å². The van der Waals surface area contributed by atoms with Gasteiger partial charge in [-0.05, 0) is 66.8 Å². The number of hydrogen-bond acceptors (Lipinski definition) is 5. The molecule has 0 radical (unpaired) electrons. The average Bonchev–Trinajstić information content (AvgIpc) is 3.41. The van der Waals surface area contributed by atoms with Gasteiger partial charge in [0.05, 0.1) is 5.52 Å². The van der Waals surface area contributed by atoms with Crippen LogP contribution in [0.25, 0.3) is 22.0 Å². The summed E-state index contributed by atoms with van der Waals surface area (Å²) in [7, 11) is 0. The summed E-state index contributed by atoms with van der Waals surface area (Å²) in [6.45, 7) is 5.15. The molecule has 1 aliphatic rings. The second-order valence-corrected chi connectivity index (χ2v) is 10.7. The molecule has 0 aliphatic heterocycles. The molecule has 8 nitrogen and oxygen atoms in total. The fraction of sp³-hybridized carbons (Fsp3) is 0.258. The van der Waals surface area contributed by atoms with E-state index in [1.54, 1.807) is 20.8 Å². The van der Waals surface area contributed by atoms with Crippen LogP contribution < -0.4 is 5.32 Å². The number of aliphatic carboxylic acids is 1. The van der Waals surface area contributed by atoms with Crippen molar-refractivity contribution >= 4 is 29.1 Å². The number of carbonyl (C=O) groups is 3. The van der Waals surface area contributed by atoms with Gasteiger partial charge in [-0.1, -0.05) is 48.5 Å². The number of fused-ring (bicyclic) bond motifs is 4. The lowest BCUT2D eigenvalue weighted by Crippen LogP contribution is -2.42. The predicted octanol–water partition coefficient (Wildman–Crippen LogP) is 6.10. The number of hydrogen-bond donors (Lipinski definition) is 2.